The molecule has 1 saturated carbocycles. The molecule has 3 N–H and O–H groups in total. The highest BCUT2D eigenvalue weighted by Gasteiger charge is 2.41. The molecule has 1 aliphatic rings. The maximum Gasteiger partial charge on any atom is 0.416 e. The van der Waals surface area contributed by atoms with Gasteiger partial charge in [0.2, 0.25) is 0 Å². The van der Waals surface area contributed by atoms with E-state index in [4.69, 9.17) is 17.3 Å². The molecule has 0 radical (unpaired) electrons. The van der Waals surface area contributed by atoms with Crippen LogP contribution in [-0.2, 0) is 6.18 Å². The average molecular weight is 334 g/mol. The number of benzene rings is 1. The molecule has 0 unspecified atom stereocenters. The summed E-state index contributed by atoms with van der Waals surface area (Å²) < 4.78 is 52.4. The Hall–Kier alpha value is -0.560. The second-order valence-corrected chi connectivity index (χ2v) is 5.08. The Morgan fingerprint density at radius 2 is 1.85 bits per heavy atom. The molecule has 2 atom stereocenters. The molecule has 20 heavy (non-hydrogen) atoms. The summed E-state index contributed by atoms with van der Waals surface area (Å²) >= 11 is 5.50. The summed E-state index contributed by atoms with van der Waals surface area (Å²) in [5.41, 5.74) is 3.64. The smallest absolute Gasteiger partial charge is 0.391 e. The molecule has 0 aliphatic heterocycles. The zero-order valence-corrected chi connectivity index (χ0v) is 11.7. The van der Waals surface area contributed by atoms with Gasteiger partial charge in [-0.3, -0.25) is 0 Å². The lowest BCUT2D eigenvalue weighted by Gasteiger charge is -2.23. The van der Waals surface area contributed by atoms with Gasteiger partial charge in [-0.2, -0.15) is 13.2 Å². The van der Waals surface area contributed by atoms with E-state index in [1.807, 2.05) is 0 Å². The Bertz CT molecular complexity index is 491. The van der Waals surface area contributed by atoms with Crippen LogP contribution in [0.5, 0.6) is 0 Å². The van der Waals surface area contributed by atoms with Crippen molar-refractivity contribution in [3.8, 4) is 0 Å². The summed E-state index contributed by atoms with van der Waals surface area (Å²) in [6, 6.07) is 0.0717. The van der Waals surface area contributed by atoms with Gasteiger partial charge in [0.15, 0.2) is 0 Å². The number of alkyl halides is 3. The standard InChI is InChI=1S/C12H12ClF4NO.ClH/c13-7-4-3-6(12(15,16)17)8(9(7)14)10(18)11(19)5-1-2-5;/h3-5,10-11,19H,1-2,18H2;1H/t10-,11+;/m1./s1. The molecule has 0 heterocycles. The largest absolute Gasteiger partial charge is 0.416 e. The van der Waals surface area contributed by atoms with E-state index in [9.17, 15) is 22.7 Å². The van der Waals surface area contributed by atoms with E-state index >= 15 is 0 Å². The Morgan fingerprint density at radius 3 is 2.30 bits per heavy atom. The first-order valence-electron chi connectivity index (χ1n) is 5.72. The molecular weight excluding hydrogens is 321 g/mol. The summed E-state index contributed by atoms with van der Waals surface area (Å²) in [7, 11) is 0. The molecule has 2 rings (SSSR count). The molecule has 114 valence electrons. The van der Waals surface area contributed by atoms with E-state index in [2.05, 4.69) is 0 Å². The third-order valence-corrected chi connectivity index (χ3v) is 3.54. The third-order valence-electron chi connectivity index (χ3n) is 3.24. The predicted octanol–water partition coefficient (Wildman–Crippen LogP) is 3.69. The van der Waals surface area contributed by atoms with E-state index < -0.39 is 40.3 Å². The fraction of sp³-hybridized carbons (Fsp3) is 0.500. The van der Waals surface area contributed by atoms with Crippen LogP contribution in [0.15, 0.2) is 12.1 Å². The van der Waals surface area contributed by atoms with Crippen LogP contribution in [0.25, 0.3) is 0 Å². The minimum absolute atomic E-state index is 0. The third kappa shape index (κ3) is 3.36. The number of halogens is 6. The average Bonchev–Trinajstić information content (AvgIpc) is 3.13. The molecule has 1 aliphatic carbocycles. The van der Waals surface area contributed by atoms with E-state index in [0.29, 0.717) is 18.9 Å². The maximum atomic E-state index is 13.9. The van der Waals surface area contributed by atoms with Gasteiger partial charge in [0.05, 0.1) is 22.7 Å². The van der Waals surface area contributed by atoms with Crippen LogP contribution in [-0.4, -0.2) is 11.2 Å². The SMILES string of the molecule is Cl.N[C@H](c1c(C(F)(F)F)ccc(Cl)c1F)[C@@H](O)C1CC1. The lowest BCUT2D eigenvalue weighted by atomic mass is 9.93. The van der Waals surface area contributed by atoms with E-state index in [1.165, 1.54) is 0 Å². The topological polar surface area (TPSA) is 46.2 Å². The predicted molar refractivity (Wildman–Crippen MR) is 69.3 cm³/mol. The summed E-state index contributed by atoms with van der Waals surface area (Å²) in [4.78, 5) is 0. The summed E-state index contributed by atoms with van der Waals surface area (Å²) in [6.07, 6.45) is -4.59. The lowest BCUT2D eigenvalue weighted by Crippen LogP contribution is -2.31. The lowest BCUT2D eigenvalue weighted by molar-refractivity contribution is -0.138. The van der Waals surface area contributed by atoms with Crippen LogP contribution in [0.1, 0.15) is 30.0 Å². The van der Waals surface area contributed by atoms with Crippen LogP contribution in [0.2, 0.25) is 5.02 Å². The molecule has 8 heteroatoms. The number of aliphatic hydroxyl groups is 1. The molecule has 1 fully saturated rings. The van der Waals surface area contributed by atoms with Crippen LogP contribution in [0.4, 0.5) is 17.6 Å². The van der Waals surface area contributed by atoms with Crippen molar-refractivity contribution in [3.63, 3.8) is 0 Å². The number of hydrogen-bond donors (Lipinski definition) is 2. The van der Waals surface area contributed by atoms with E-state index in [0.717, 1.165) is 6.07 Å². The minimum atomic E-state index is -4.75. The van der Waals surface area contributed by atoms with E-state index in [-0.39, 0.29) is 18.3 Å². The Morgan fingerprint density at radius 1 is 1.30 bits per heavy atom. The van der Waals surface area contributed by atoms with Gasteiger partial charge < -0.3 is 10.8 Å². The zero-order chi connectivity index (χ0) is 14.4. The second-order valence-electron chi connectivity index (χ2n) is 4.67. The molecule has 0 saturated heterocycles. The van der Waals surface area contributed by atoms with Crippen molar-refractivity contribution in [1.29, 1.82) is 0 Å². The highest BCUT2D eigenvalue weighted by molar-refractivity contribution is 6.30. The van der Waals surface area contributed by atoms with Crippen molar-refractivity contribution in [2.24, 2.45) is 11.7 Å². The van der Waals surface area contributed by atoms with Gasteiger partial charge >= 0.3 is 6.18 Å². The van der Waals surface area contributed by atoms with Crippen molar-refractivity contribution < 1.29 is 22.7 Å². The van der Waals surface area contributed by atoms with Crippen molar-refractivity contribution in [2.45, 2.75) is 31.2 Å². The minimum Gasteiger partial charge on any atom is -0.391 e. The summed E-state index contributed by atoms with van der Waals surface area (Å²) in [6.45, 7) is 0. The van der Waals surface area contributed by atoms with Gasteiger partial charge in [-0.05, 0) is 30.9 Å². The highest BCUT2D eigenvalue weighted by atomic mass is 35.5. The second kappa shape index (κ2) is 6.05. The van der Waals surface area contributed by atoms with Gasteiger partial charge in [-0.25, -0.2) is 4.39 Å². The fourth-order valence-electron chi connectivity index (χ4n) is 2.04. The fourth-order valence-corrected chi connectivity index (χ4v) is 2.21. The van der Waals surface area contributed by atoms with Crippen LogP contribution >= 0.6 is 24.0 Å². The molecule has 0 amide bonds. The van der Waals surface area contributed by atoms with E-state index in [1.54, 1.807) is 0 Å². The van der Waals surface area contributed by atoms with Crippen LogP contribution < -0.4 is 5.73 Å². The van der Waals surface area contributed by atoms with Gasteiger partial charge in [0.1, 0.15) is 5.82 Å². The van der Waals surface area contributed by atoms with Crippen LogP contribution in [0.3, 0.4) is 0 Å². The Kier molecular flexibility index (Phi) is 5.29. The quantitative estimate of drug-likeness (QED) is 0.828. The first-order valence-corrected chi connectivity index (χ1v) is 6.10. The van der Waals surface area contributed by atoms with Gasteiger partial charge in [-0.1, -0.05) is 11.6 Å². The number of aliphatic hydroxyl groups excluding tert-OH is 1. The summed E-state index contributed by atoms with van der Waals surface area (Å²) in [5.74, 6) is -1.39. The van der Waals surface area contributed by atoms with Crippen molar-refractivity contribution >= 4 is 24.0 Å². The van der Waals surface area contributed by atoms with Gasteiger partial charge in [0, 0.05) is 5.56 Å². The van der Waals surface area contributed by atoms with Crippen molar-refractivity contribution in [1.82, 2.24) is 0 Å². The Balaban J connectivity index is 0.00000200. The van der Waals surface area contributed by atoms with Crippen LogP contribution in [0, 0.1) is 11.7 Å². The Labute approximate surface area is 124 Å². The van der Waals surface area contributed by atoms with Gasteiger partial charge in [-0.15, -0.1) is 12.4 Å². The molecule has 0 bridgehead atoms. The number of rotatable bonds is 3. The van der Waals surface area contributed by atoms with Crippen molar-refractivity contribution in [3.05, 3.63) is 34.1 Å². The number of hydrogen-bond acceptors (Lipinski definition) is 2. The van der Waals surface area contributed by atoms with Crippen molar-refractivity contribution in [2.75, 3.05) is 0 Å². The normalized spacial score (nSPS) is 18.4. The maximum absolute atomic E-state index is 13.9. The molecule has 1 aromatic rings. The molecular formula is C12H13Cl2F4NO. The zero-order valence-electron chi connectivity index (χ0n) is 10.1. The highest BCUT2D eigenvalue weighted by Crippen LogP contribution is 2.42. The first kappa shape index (κ1) is 17.5. The monoisotopic (exact) mass is 333 g/mol. The number of nitrogens with two attached hydrogens (primary N) is 1. The van der Waals surface area contributed by atoms with Gasteiger partial charge in [0.25, 0.3) is 0 Å². The molecule has 0 aromatic heterocycles. The first-order chi connectivity index (χ1) is 8.73. The molecule has 1 aromatic carbocycles. The summed E-state index contributed by atoms with van der Waals surface area (Å²) in [5, 5.41) is 9.37. The molecule has 0 spiro atoms. The molecule has 2 nitrogen and oxygen atoms in total.